The van der Waals surface area contributed by atoms with Gasteiger partial charge in [0.1, 0.15) is 0 Å². The molecule has 1 nitrogen and oxygen atoms in total. The van der Waals surface area contributed by atoms with Crippen molar-refractivity contribution >= 4 is 11.6 Å². The lowest BCUT2D eigenvalue weighted by atomic mass is 9.98. The highest BCUT2D eigenvalue weighted by Crippen LogP contribution is 2.23. The van der Waals surface area contributed by atoms with E-state index in [9.17, 15) is 0 Å². The van der Waals surface area contributed by atoms with Crippen LogP contribution in [0.25, 0.3) is 0 Å². The van der Waals surface area contributed by atoms with Crippen molar-refractivity contribution in [2.24, 2.45) is 0 Å². The predicted molar refractivity (Wildman–Crippen MR) is 51.5 cm³/mol. The van der Waals surface area contributed by atoms with E-state index in [0.717, 1.165) is 16.1 Å². The molecule has 0 amide bonds. The van der Waals surface area contributed by atoms with Gasteiger partial charge >= 0.3 is 0 Å². The number of rotatable bonds is 2. The van der Waals surface area contributed by atoms with Crippen LogP contribution in [0, 0.1) is 0 Å². The van der Waals surface area contributed by atoms with Gasteiger partial charge in [-0.05, 0) is 29.2 Å². The summed E-state index contributed by atoms with van der Waals surface area (Å²) < 4.78 is 0. The topological polar surface area (TPSA) is 20.2 Å². The number of benzene rings is 1. The van der Waals surface area contributed by atoms with E-state index in [4.69, 9.17) is 16.7 Å². The largest absolute Gasteiger partial charge is 0.392 e. The van der Waals surface area contributed by atoms with Gasteiger partial charge in [0.25, 0.3) is 0 Å². The van der Waals surface area contributed by atoms with E-state index in [2.05, 4.69) is 13.8 Å². The van der Waals surface area contributed by atoms with Gasteiger partial charge in [-0.25, -0.2) is 0 Å². The van der Waals surface area contributed by atoms with E-state index >= 15 is 0 Å². The van der Waals surface area contributed by atoms with E-state index < -0.39 is 0 Å². The molecule has 12 heavy (non-hydrogen) atoms. The van der Waals surface area contributed by atoms with E-state index in [1.807, 2.05) is 12.1 Å². The van der Waals surface area contributed by atoms with Gasteiger partial charge in [0, 0.05) is 5.02 Å². The normalized spacial score (nSPS) is 10.8. The zero-order chi connectivity index (χ0) is 9.14. The maximum Gasteiger partial charge on any atom is 0.0684 e. The van der Waals surface area contributed by atoms with Crippen molar-refractivity contribution in [1.82, 2.24) is 0 Å². The van der Waals surface area contributed by atoms with Gasteiger partial charge in [0.2, 0.25) is 0 Å². The summed E-state index contributed by atoms with van der Waals surface area (Å²) in [5.41, 5.74) is 2.10. The molecule has 0 heterocycles. The number of hydrogen-bond acceptors (Lipinski definition) is 1. The first-order valence-corrected chi connectivity index (χ1v) is 4.42. The number of halogens is 1. The molecule has 0 saturated heterocycles. The number of aliphatic hydroxyl groups excluding tert-OH is 1. The van der Waals surface area contributed by atoms with Gasteiger partial charge in [-0.15, -0.1) is 0 Å². The van der Waals surface area contributed by atoms with Gasteiger partial charge < -0.3 is 5.11 Å². The molecule has 1 aromatic rings. The average Bonchev–Trinajstić information content (AvgIpc) is 2.04. The zero-order valence-corrected chi connectivity index (χ0v) is 8.10. The third-order valence-electron chi connectivity index (χ3n) is 1.90. The van der Waals surface area contributed by atoms with Gasteiger partial charge in [0.15, 0.2) is 0 Å². The Labute approximate surface area is 78.0 Å². The van der Waals surface area contributed by atoms with Crippen LogP contribution in [-0.4, -0.2) is 5.11 Å². The summed E-state index contributed by atoms with van der Waals surface area (Å²) in [6.07, 6.45) is 0. The molecular formula is C10H13ClO. The minimum Gasteiger partial charge on any atom is -0.392 e. The standard InChI is InChI=1S/C10H13ClO/c1-7(2)10-5-9(11)4-3-8(10)6-12/h3-5,7,12H,6H2,1-2H3. The zero-order valence-electron chi connectivity index (χ0n) is 7.34. The Morgan fingerprint density at radius 3 is 2.58 bits per heavy atom. The summed E-state index contributed by atoms with van der Waals surface area (Å²) >= 11 is 5.84. The fourth-order valence-electron chi connectivity index (χ4n) is 1.25. The van der Waals surface area contributed by atoms with Crippen LogP contribution in [-0.2, 0) is 6.61 Å². The highest BCUT2D eigenvalue weighted by atomic mass is 35.5. The lowest BCUT2D eigenvalue weighted by molar-refractivity contribution is 0.280. The molecule has 1 rings (SSSR count). The van der Waals surface area contributed by atoms with Crippen LogP contribution >= 0.6 is 11.6 Å². The molecule has 0 aromatic heterocycles. The second kappa shape index (κ2) is 3.92. The average molecular weight is 185 g/mol. The summed E-state index contributed by atoms with van der Waals surface area (Å²) in [5.74, 6) is 0.408. The van der Waals surface area contributed by atoms with E-state index in [1.54, 1.807) is 6.07 Å². The molecule has 0 unspecified atom stereocenters. The van der Waals surface area contributed by atoms with Crippen LogP contribution in [0.3, 0.4) is 0 Å². The van der Waals surface area contributed by atoms with Crippen LogP contribution in [0.4, 0.5) is 0 Å². The fraction of sp³-hybridized carbons (Fsp3) is 0.400. The maximum atomic E-state index is 9.02. The molecule has 1 aromatic carbocycles. The molecule has 0 atom stereocenters. The minimum absolute atomic E-state index is 0.0880. The molecule has 1 N–H and O–H groups in total. The van der Waals surface area contributed by atoms with Crippen molar-refractivity contribution in [1.29, 1.82) is 0 Å². The van der Waals surface area contributed by atoms with Crippen LogP contribution in [0.5, 0.6) is 0 Å². The Morgan fingerprint density at radius 2 is 2.08 bits per heavy atom. The summed E-state index contributed by atoms with van der Waals surface area (Å²) in [6, 6.07) is 5.59. The molecule has 0 aliphatic heterocycles. The van der Waals surface area contributed by atoms with Crippen LogP contribution in [0.1, 0.15) is 30.9 Å². The van der Waals surface area contributed by atoms with Gasteiger partial charge in [-0.3, -0.25) is 0 Å². The summed E-state index contributed by atoms with van der Waals surface area (Å²) in [7, 11) is 0. The molecule has 0 spiro atoms. The van der Waals surface area contributed by atoms with Crippen LogP contribution < -0.4 is 0 Å². The van der Waals surface area contributed by atoms with Gasteiger partial charge in [-0.2, -0.15) is 0 Å². The van der Waals surface area contributed by atoms with E-state index in [1.165, 1.54) is 0 Å². The molecule has 0 aliphatic carbocycles. The van der Waals surface area contributed by atoms with Gasteiger partial charge in [-0.1, -0.05) is 31.5 Å². The second-order valence-electron chi connectivity index (χ2n) is 3.16. The third-order valence-corrected chi connectivity index (χ3v) is 2.14. The lowest BCUT2D eigenvalue weighted by Crippen LogP contribution is -1.95. The molecule has 66 valence electrons. The quantitative estimate of drug-likeness (QED) is 0.750. The first-order valence-electron chi connectivity index (χ1n) is 4.04. The maximum absolute atomic E-state index is 9.02. The molecule has 0 radical (unpaired) electrons. The smallest absolute Gasteiger partial charge is 0.0684 e. The van der Waals surface area contributed by atoms with Crippen molar-refractivity contribution in [2.45, 2.75) is 26.4 Å². The van der Waals surface area contributed by atoms with Gasteiger partial charge in [0.05, 0.1) is 6.61 Å². The van der Waals surface area contributed by atoms with Crippen molar-refractivity contribution in [3.8, 4) is 0 Å². The van der Waals surface area contributed by atoms with Crippen molar-refractivity contribution in [3.05, 3.63) is 34.3 Å². The van der Waals surface area contributed by atoms with Crippen LogP contribution in [0.15, 0.2) is 18.2 Å². The minimum atomic E-state index is 0.0880. The summed E-state index contributed by atoms with van der Waals surface area (Å²) in [5, 5.41) is 9.75. The number of aliphatic hydroxyl groups is 1. The Morgan fingerprint density at radius 1 is 1.42 bits per heavy atom. The van der Waals surface area contributed by atoms with Crippen molar-refractivity contribution < 1.29 is 5.11 Å². The van der Waals surface area contributed by atoms with Crippen molar-refractivity contribution in [2.75, 3.05) is 0 Å². The van der Waals surface area contributed by atoms with Crippen molar-refractivity contribution in [3.63, 3.8) is 0 Å². The first-order chi connectivity index (χ1) is 5.65. The molecule has 0 bridgehead atoms. The third kappa shape index (κ3) is 1.99. The first kappa shape index (κ1) is 9.56. The van der Waals surface area contributed by atoms with E-state index in [-0.39, 0.29) is 6.61 Å². The summed E-state index contributed by atoms with van der Waals surface area (Å²) in [4.78, 5) is 0. The fourth-order valence-corrected chi connectivity index (χ4v) is 1.43. The predicted octanol–water partition coefficient (Wildman–Crippen LogP) is 2.96. The Kier molecular flexibility index (Phi) is 3.12. The summed E-state index contributed by atoms with van der Waals surface area (Å²) in [6.45, 7) is 4.26. The van der Waals surface area contributed by atoms with Crippen LogP contribution in [0.2, 0.25) is 5.02 Å². The molecule has 0 saturated carbocycles. The second-order valence-corrected chi connectivity index (χ2v) is 3.59. The Bertz CT molecular complexity index is 269. The monoisotopic (exact) mass is 184 g/mol. The molecule has 0 fully saturated rings. The highest BCUT2D eigenvalue weighted by Gasteiger charge is 2.05. The highest BCUT2D eigenvalue weighted by molar-refractivity contribution is 6.30. The Hall–Kier alpha value is -0.530. The molecular weight excluding hydrogens is 172 g/mol. The molecule has 0 aliphatic rings. The Balaban J connectivity index is 3.12. The SMILES string of the molecule is CC(C)c1cc(Cl)ccc1CO. The van der Waals surface area contributed by atoms with E-state index in [0.29, 0.717) is 5.92 Å². The molecule has 2 heteroatoms. The lowest BCUT2D eigenvalue weighted by Gasteiger charge is -2.10. The number of hydrogen-bond donors (Lipinski definition) is 1.